The van der Waals surface area contributed by atoms with Crippen LogP contribution in [0, 0.1) is 5.92 Å². The van der Waals surface area contributed by atoms with Crippen LogP contribution >= 0.6 is 27.5 Å². The molecule has 2 amide bonds. The van der Waals surface area contributed by atoms with Gasteiger partial charge >= 0.3 is 5.97 Å². The summed E-state index contributed by atoms with van der Waals surface area (Å²) in [5, 5.41) is 39.9. The van der Waals surface area contributed by atoms with Gasteiger partial charge in [-0.25, -0.2) is 0 Å². The second-order valence-corrected chi connectivity index (χ2v) is 9.41. The van der Waals surface area contributed by atoms with Crippen molar-refractivity contribution in [3.8, 4) is 0 Å². The number of pyridine rings is 1. The Labute approximate surface area is 217 Å². The summed E-state index contributed by atoms with van der Waals surface area (Å²) in [4.78, 5) is 54.9. The molecule has 15 heteroatoms. The number of halogens is 2. The molecule has 3 rings (SSSR count). The summed E-state index contributed by atoms with van der Waals surface area (Å²) in [7, 11) is 0. The lowest BCUT2D eigenvalue weighted by molar-refractivity contribution is -0.138. The number of nitrogens with one attached hydrogen (secondary N) is 5. The average molecular weight is 588 g/mol. The zero-order valence-electron chi connectivity index (χ0n) is 18.7. The van der Waals surface area contributed by atoms with Crippen LogP contribution in [0.5, 0.6) is 0 Å². The fourth-order valence-electron chi connectivity index (χ4n) is 3.54. The molecule has 0 bridgehead atoms. The van der Waals surface area contributed by atoms with Gasteiger partial charge in [0, 0.05) is 29.7 Å². The molecule has 194 valence electrons. The van der Waals surface area contributed by atoms with Crippen molar-refractivity contribution in [1.82, 2.24) is 20.9 Å². The number of β-amino-alcohol motifs (C(OH)–C–C–N with tert-alkyl or cyclic N) is 1. The molecule has 1 aromatic heterocycles. The maximum atomic E-state index is 12.6. The number of carboxylic acid groups (broad SMARTS) is 1. The fraction of sp³-hybridized carbons (Fsp3) is 0.381. The van der Waals surface area contributed by atoms with Gasteiger partial charge in [0.15, 0.2) is 5.96 Å². The van der Waals surface area contributed by atoms with Gasteiger partial charge in [-0.05, 0) is 34.5 Å². The number of amides is 2. The Kier molecular flexibility index (Phi) is 9.12. The van der Waals surface area contributed by atoms with E-state index in [-0.39, 0.29) is 47.0 Å². The second-order valence-electron chi connectivity index (χ2n) is 8.07. The Morgan fingerprint density at radius 3 is 2.75 bits per heavy atom. The number of aliphatic hydroxyl groups excluding tert-OH is 2. The first-order chi connectivity index (χ1) is 17.0. The molecule has 0 fully saturated rings. The smallest absolute Gasteiger partial charge is 0.305 e. The number of anilines is 1. The second kappa shape index (κ2) is 12.1. The molecule has 1 aliphatic carbocycles. The Morgan fingerprint density at radius 2 is 2.08 bits per heavy atom. The average Bonchev–Trinajstić information content (AvgIpc) is 2.82. The van der Waals surface area contributed by atoms with Gasteiger partial charge in [-0.3, -0.25) is 24.2 Å². The lowest BCUT2D eigenvalue weighted by atomic mass is 9.88. The number of aliphatic hydroxyl groups is 2. The number of carboxylic acids is 1. The van der Waals surface area contributed by atoms with Gasteiger partial charge in [-0.15, -0.1) is 0 Å². The van der Waals surface area contributed by atoms with Crippen LogP contribution in [-0.2, 0) is 9.59 Å². The van der Waals surface area contributed by atoms with Gasteiger partial charge in [-0.1, -0.05) is 11.6 Å². The lowest BCUT2D eigenvalue weighted by Crippen LogP contribution is -2.47. The van der Waals surface area contributed by atoms with Gasteiger partial charge < -0.3 is 41.6 Å². The standard InChI is InChI=1S/C21H24BrClN6O7/c22-13-3-10(23)2-12(18(13)34)14(4-17(32)33)28-16(31)8-25-19(35)9-1-15(20(36)24-5-9)29-21-26-6-11(30)7-27-21/h1,3,5,11-12,14,30,34H,2,4,6-8H2,(H,24,36)(H,25,35)(H,28,31)(H,32,33)(H2,26,27,29)/t12?,14-/m1/s1. The molecule has 1 aliphatic heterocycles. The zero-order valence-corrected chi connectivity index (χ0v) is 21.0. The van der Waals surface area contributed by atoms with Crippen LogP contribution in [0.25, 0.3) is 0 Å². The van der Waals surface area contributed by atoms with Crippen molar-refractivity contribution in [2.75, 3.05) is 25.0 Å². The van der Waals surface area contributed by atoms with Crippen LogP contribution in [0.4, 0.5) is 5.69 Å². The molecule has 36 heavy (non-hydrogen) atoms. The number of aromatic nitrogens is 1. The number of carbonyl (C=O) groups is 3. The number of hydrogen-bond acceptors (Lipinski definition) is 9. The number of carbonyl (C=O) groups excluding carboxylic acids is 2. The van der Waals surface area contributed by atoms with E-state index in [2.05, 4.69) is 47.2 Å². The van der Waals surface area contributed by atoms with E-state index in [9.17, 15) is 34.5 Å². The third kappa shape index (κ3) is 7.32. The number of guanidine groups is 1. The molecule has 0 aromatic carbocycles. The monoisotopic (exact) mass is 586 g/mol. The largest absolute Gasteiger partial charge is 0.511 e. The Balaban J connectivity index is 1.62. The summed E-state index contributed by atoms with van der Waals surface area (Å²) in [5.74, 6) is -3.23. The van der Waals surface area contributed by atoms with E-state index in [1.54, 1.807) is 0 Å². The number of rotatable bonds is 8. The number of aromatic amines is 1. The highest BCUT2D eigenvalue weighted by Crippen LogP contribution is 2.35. The number of hydrogen-bond donors (Lipinski definition) is 8. The molecule has 0 radical (unpaired) electrons. The van der Waals surface area contributed by atoms with Gasteiger partial charge in [0.1, 0.15) is 11.4 Å². The van der Waals surface area contributed by atoms with Crippen molar-refractivity contribution >= 4 is 57.0 Å². The van der Waals surface area contributed by atoms with E-state index in [1.165, 1.54) is 18.3 Å². The van der Waals surface area contributed by atoms with Crippen molar-refractivity contribution in [3.05, 3.63) is 49.5 Å². The van der Waals surface area contributed by atoms with Crippen LogP contribution in [0.2, 0.25) is 0 Å². The highest BCUT2D eigenvalue weighted by atomic mass is 79.9. The van der Waals surface area contributed by atoms with E-state index in [0.717, 1.165) is 0 Å². The van der Waals surface area contributed by atoms with E-state index in [1.807, 2.05) is 0 Å². The minimum Gasteiger partial charge on any atom is -0.511 e. The van der Waals surface area contributed by atoms with Crippen molar-refractivity contribution in [3.63, 3.8) is 0 Å². The lowest BCUT2D eigenvalue weighted by Gasteiger charge is -2.29. The van der Waals surface area contributed by atoms with E-state index >= 15 is 0 Å². The predicted octanol–water partition coefficient (Wildman–Crippen LogP) is 0.103. The molecule has 0 saturated heterocycles. The summed E-state index contributed by atoms with van der Waals surface area (Å²) < 4.78 is 0.287. The van der Waals surface area contributed by atoms with Gasteiger partial charge in [0.25, 0.3) is 11.5 Å². The zero-order chi connectivity index (χ0) is 26.4. The number of allylic oxidation sites excluding steroid dienone is 3. The van der Waals surface area contributed by atoms with Gasteiger partial charge in [0.05, 0.1) is 35.7 Å². The molecule has 2 unspecified atom stereocenters. The Bertz CT molecular complexity index is 1200. The predicted molar refractivity (Wildman–Crippen MR) is 134 cm³/mol. The summed E-state index contributed by atoms with van der Waals surface area (Å²) in [6.45, 7) is -0.0973. The first kappa shape index (κ1) is 27.2. The van der Waals surface area contributed by atoms with Crippen LogP contribution in [0.15, 0.2) is 43.4 Å². The summed E-state index contributed by atoms with van der Waals surface area (Å²) in [6.07, 6.45) is 1.66. The van der Waals surface area contributed by atoms with Gasteiger partial charge in [-0.2, -0.15) is 0 Å². The fourth-order valence-corrected chi connectivity index (χ4v) is 4.52. The molecule has 1 aromatic rings. The molecule has 2 aliphatic rings. The first-order valence-electron chi connectivity index (χ1n) is 10.7. The summed E-state index contributed by atoms with van der Waals surface area (Å²) in [5.41, 5.74) is -0.459. The molecule has 3 atom stereocenters. The SMILES string of the molecule is O=C(O)C[C@@H](NC(=O)CNC(=O)c1c[nH]c(=O)c(NC2=NCC(O)CN2)c1)C1CC(Cl)=CC(Br)=C1O. The molecular weight excluding hydrogens is 564 g/mol. The molecule has 8 N–H and O–H groups in total. The quantitative estimate of drug-likeness (QED) is 0.207. The van der Waals surface area contributed by atoms with Crippen molar-refractivity contribution in [1.29, 1.82) is 0 Å². The minimum atomic E-state index is -1.20. The van der Waals surface area contributed by atoms with Crippen molar-refractivity contribution in [2.45, 2.75) is 25.0 Å². The molecule has 2 heterocycles. The van der Waals surface area contributed by atoms with Crippen molar-refractivity contribution < 1.29 is 29.7 Å². The highest BCUT2D eigenvalue weighted by molar-refractivity contribution is 9.11. The summed E-state index contributed by atoms with van der Waals surface area (Å²) in [6, 6.07) is 0.277. The topological polar surface area (TPSA) is 205 Å². The normalized spacial score (nSPS) is 20.4. The van der Waals surface area contributed by atoms with Crippen LogP contribution in [-0.4, -0.2) is 75.8 Å². The maximum Gasteiger partial charge on any atom is 0.305 e. The van der Waals surface area contributed by atoms with Crippen LogP contribution < -0.4 is 26.8 Å². The number of aliphatic imine (C=N–C) groups is 1. The van der Waals surface area contributed by atoms with E-state index < -0.39 is 54.4 Å². The molecule has 13 nitrogen and oxygen atoms in total. The van der Waals surface area contributed by atoms with Crippen LogP contribution in [0.1, 0.15) is 23.2 Å². The number of aliphatic carboxylic acids is 1. The maximum absolute atomic E-state index is 12.6. The number of H-pyrrole nitrogens is 1. The van der Waals surface area contributed by atoms with E-state index in [0.29, 0.717) is 5.03 Å². The Hall–Kier alpha value is -3.36. The first-order valence-corrected chi connectivity index (χ1v) is 11.9. The molecule has 0 spiro atoms. The molecular formula is C21H24BrClN6O7. The Morgan fingerprint density at radius 1 is 1.33 bits per heavy atom. The van der Waals surface area contributed by atoms with Crippen molar-refractivity contribution in [2.24, 2.45) is 10.9 Å². The third-order valence-electron chi connectivity index (χ3n) is 5.31. The summed E-state index contributed by atoms with van der Waals surface area (Å²) >= 11 is 9.22. The highest BCUT2D eigenvalue weighted by Gasteiger charge is 2.32. The molecule has 0 saturated carbocycles. The minimum absolute atomic E-state index is 0.0198. The number of nitrogens with zero attached hydrogens (tertiary/aromatic N) is 1. The van der Waals surface area contributed by atoms with Gasteiger partial charge in [0.2, 0.25) is 5.91 Å². The van der Waals surface area contributed by atoms with Crippen LogP contribution in [0.3, 0.4) is 0 Å². The third-order valence-corrected chi connectivity index (χ3v) is 6.21. The van der Waals surface area contributed by atoms with E-state index in [4.69, 9.17) is 11.6 Å².